The zero-order chi connectivity index (χ0) is 18.7. The molecule has 2 N–H and O–H groups in total. The smallest absolute Gasteiger partial charge is 0.338 e. The van der Waals surface area contributed by atoms with E-state index in [1.807, 2.05) is 0 Å². The molecule has 1 aromatic heterocycles. The monoisotopic (exact) mass is 356 g/mol. The number of amides is 1. The van der Waals surface area contributed by atoms with Gasteiger partial charge in [-0.2, -0.15) is 15.0 Å². The number of nitrogens with zero attached hydrogens (tertiary/aromatic N) is 5. The molecule has 9 nitrogen and oxygen atoms in total. The maximum absolute atomic E-state index is 12.2. The van der Waals surface area contributed by atoms with E-state index in [0.29, 0.717) is 24.5 Å². The fourth-order valence-corrected chi connectivity index (χ4v) is 2.60. The van der Waals surface area contributed by atoms with Crippen LogP contribution in [0.5, 0.6) is 0 Å². The summed E-state index contributed by atoms with van der Waals surface area (Å²) in [6, 6.07) is 6.75. The molecule has 136 valence electrons. The molecule has 1 aromatic carbocycles. The second-order valence-corrected chi connectivity index (χ2v) is 6.08. The number of carbonyl (C=O) groups is 2. The first-order valence-corrected chi connectivity index (χ1v) is 8.19. The number of hydrogen-bond acceptors (Lipinski definition) is 8. The van der Waals surface area contributed by atoms with Gasteiger partial charge in [-0.25, -0.2) is 4.79 Å². The van der Waals surface area contributed by atoms with Crippen LogP contribution < -0.4 is 15.5 Å². The molecule has 1 amide bonds. The Kier molecular flexibility index (Phi) is 4.97. The highest BCUT2D eigenvalue weighted by molar-refractivity contribution is 5.96. The van der Waals surface area contributed by atoms with Crippen molar-refractivity contribution in [2.24, 2.45) is 0 Å². The maximum atomic E-state index is 12.2. The molecule has 0 atom stereocenters. The van der Waals surface area contributed by atoms with Gasteiger partial charge in [0, 0.05) is 32.7 Å². The van der Waals surface area contributed by atoms with E-state index in [9.17, 15) is 9.59 Å². The molecule has 1 aliphatic heterocycles. The summed E-state index contributed by atoms with van der Waals surface area (Å²) in [6.07, 6.45) is 1.42. The van der Waals surface area contributed by atoms with Gasteiger partial charge < -0.3 is 20.3 Å². The molecule has 2 heterocycles. The first-order valence-electron chi connectivity index (χ1n) is 8.19. The van der Waals surface area contributed by atoms with E-state index in [1.165, 1.54) is 0 Å². The highest BCUT2D eigenvalue weighted by atomic mass is 16.5. The molecular weight excluding hydrogens is 336 g/mol. The van der Waals surface area contributed by atoms with Gasteiger partial charge in [0.15, 0.2) is 12.4 Å². The summed E-state index contributed by atoms with van der Waals surface area (Å²) in [5, 5.41) is 0. The number of benzene rings is 1. The Bertz CT molecular complexity index is 822. The predicted octanol–water partition coefficient (Wildman–Crippen LogP) is 1.00. The van der Waals surface area contributed by atoms with Crippen LogP contribution in [-0.4, -0.2) is 47.5 Å². The molecule has 0 bridgehead atoms. The van der Waals surface area contributed by atoms with Crippen molar-refractivity contribution in [1.29, 1.82) is 0 Å². The Morgan fingerprint density at radius 1 is 1.23 bits per heavy atom. The predicted molar refractivity (Wildman–Crippen MR) is 95.7 cm³/mol. The normalized spacial score (nSPS) is 13.8. The average Bonchev–Trinajstić information content (AvgIpc) is 3.05. The van der Waals surface area contributed by atoms with Crippen LogP contribution >= 0.6 is 0 Å². The SMILES string of the molecule is CN(C)c1nc(N)nc(COC(=O)c2ccc(N3CCCC3=O)cc2)n1. The van der Waals surface area contributed by atoms with Crippen LogP contribution in [0.2, 0.25) is 0 Å². The van der Waals surface area contributed by atoms with Gasteiger partial charge >= 0.3 is 5.97 Å². The van der Waals surface area contributed by atoms with Gasteiger partial charge in [-0.05, 0) is 30.7 Å². The third-order valence-corrected chi connectivity index (χ3v) is 3.91. The minimum absolute atomic E-state index is 0.0642. The van der Waals surface area contributed by atoms with Gasteiger partial charge in [0.05, 0.1) is 5.56 Å². The fourth-order valence-electron chi connectivity index (χ4n) is 2.60. The molecule has 1 aliphatic rings. The Morgan fingerprint density at radius 3 is 2.58 bits per heavy atom. The van der Waals surface area contributed by atoms with Crippen molar-refractivity contribution in [2.75, 3.05) is 36.2 Å². The van der Waals surface area contributed by atoms with E-state index in [1.54, 1.807) is 48.2 Å². The third kappa shape index (κ3) is 3.88. The summed E-state index contributed by atoms with van der Waals surface area (Å²) >= 11 is 0. The summed E-state index contributed by atoms with van der Waals surface area (Å²) < 4.78 is 5.24. The zero-order valence-corrected chi connectivity index (χ0v) is 14.7. The van der Waals surface area contributed by atoms with Crippen molar-refractivity contribution in [3.63, 3.8) is 0 Å². The summed E-state index contributed by atoms with van der Waals surface area (Å²) in [4.78, 5) is 39.5. The lowest BCUT2D eigenvalue weighted by Gasteiger charge is -2.15. The largest absolute Gasteiger partial charge is 0.454 e. The lowest BCUT2D eigenvalue weighted by molar-refractivity contribution is -0.117. The minimum atomic E-state index is -0.505. The minimum Gasteiger partial charge on any atom is -0.454 e. The van der Waals surface area contributed by atoms with Gasteiger partial charge in [-0.15, -0.1) is 0 Å². The number of carbonyl (C=O) groups excluding carboxylic acids is 2. The summed E-state index contributed by atoms with van der Waals surface area (Å²) in [7, 11) is 3.55. The van der Waals surface area contributed by atoms with E-state index >= 15 is 0 Å². The number of ether oxygens (including phenoxy) is 1. The average molecular weight is 356 g/mol. The molecule has 1 fully saturated rings. The van der Waals surface area contributed by atoms with Crippen molar-refractivity contribution < 1.29 is 14.3 Å². The number of hydrogen-bond donors (Lipinski definition) is 1. The molecule has 3 rings (SSSR count). The molecule has 2 aromatic rings. The molecule has 26 heavy (non-hydrogen) atoms. The lowest BCUT2D eigenvalue weighted by Crippen LogP contribution is -2.23. The van der Waals surface area contributed by atoms with Crippen LogP contribution in [0.15, 0.2) is 24.3 Å². The summed E-state index contributed by atoms with van der Waals surface area (Å²) in [5.74, 6) is 0.325. The third-order valence-electron chi connectivity index (χ3n) is 3.91. The van der Waals surface area contributed by atoms with E-state index in [0.717, 1.165) is 12.1 Å². The van der Waals surface area contributed by atoms with Crippen LogP contribution in [0.25, 0.3) is 0 Å². The van der Waals surface area contributed by atoms with Crippen molar-refractivity contribution in [3.8, 4) is 0 Å². The number of nitrogens with two attached hydrogens (primary N) is 1. The summed E-state index contributed by atoms with van der Waals surface area (Å²) in [5.41, 5.74) is 6.81. The molecule has 9 heteroatoms. The van der Waals surface area contributed by atoms with Crippen LogP contribution in [-0.2, 0) is 16.1 Å². The van der Waals surface area contributed by atoms with E-state index in [4.69, 9.17) is 10.5 Å². The van der Waals surface area contributed by atoms with Crippen LogP contribution in [0, 0.1) is 0 Å². The van der Waals surface area contributed by atoms with Gasteiger partial charge in [-0.3, -0.25) is 4.79 Å². The number of esters is 1. The summed E-state index contributed by atoms with van der Waals surface area (Å²) in [6.45, 7) is 0.594. The first-order chi connectivity index (χ1) is 12.4. The standard InChI is InChI=1S/C17H20N6O3/c1-22(2)17-20-13(19-16(18)21-17)10-26-15(25)11-5-7-12(8-6-11)23-9-3-4-14(23)24/h5-8H,3-4,9-10H2,1-2H3,(H2,18,19,20,21). The quantitative estimate of drug-likeness (QED) is 0.789. The molecule has 0 spiro atoms. The Labute approximate surface area is 150 Å². The first kappa shape index (κ1) is 17.6. The van der Waals surface area contributed by atoms with E-state index < -0.39 is 5.97 Å². The van der Waals surface area contributed by atoms with Gasteiger partial charge in [0.25, 0.3) is 0 Å². The maximum Gasteiger partial charge on any atom is 0.338 e. The van der Waals surface area contributed by atoms with Crippen molar-refractivity contribution in [2.45, 2.75) is 19.4 Å². The second kappa shape index (κ2) is 7.34. The molecule has 0 unspecified atom stereocenters. The molecule has 0 saturated carbocycles. The molecule has 0 aliphatic carbocycles. The van der Waals surface area contributed by atoms with E-state index in [2.05, 4.69) is 15.0 Å². The van der Waals surface area contributed by atoms with Crippen LogP contribution in [0.4, 0.5) is 17.6 Å². The van der Waals surface area contributed by atoms with Gasteiger partial charge in [-0.1, -0.05) is 0 Å². The highest BCUT2D eigenvalue weighted by Crippen LogP contribution is 2.22. The van der Waals surface area contributed by atoms with E-state index in [-0.39, 0.29) is 24.3 Å². The van der Waals surface area contributed by atoms with Crippen molar-refractivity contribution in [3.05, 3.63) is 35.7 Å². The number of rotatable bonds is 5. The topological polar surface area (TPSA) is 115 Å². The number of aromatic nitrogens is 3. The molecule has 1 saturated heterocycles. The highest BCUT2D eigenvalue weighted by Gasteiger charge is 2.21. The molecule has 0 radical (unpaired) electrons. The number of nitrogen functional groups attached to an aromatic ring is 1. The zero-order valence-electron chi connectivity index (χ0n) is 14.7. The van der Waals surface area contributed by atoms with Crippen LogP contribution in [0.3, 0.4) is 0 Å². The van der Waals surface area contributed by atoms with Crippen molar-refractivity contribution in [1.82, 2.24) is 15.0 Å². The fraction of sp³-hybridized carbons (Fsp3) is 0.353. The van der Waals surface area contributed by atoms with Crippen molar-refractivity contribution >= 4 is 29.5 Å². The van der Waals surface area contributed by atoms with Gasteiger partial charge in [0.2, 0.25) is 17.8 Å². The lowest BCUT2D eigenvalue weighted by atomic mass is 10.2. The molecular formula is C17H20N6O3. The Balaban J connectivity index is 1.64. The Hall–Kier alpha value is -3.23. The Morgan fingerprint density at radius 2 is 1.96 bits per heavy atom. The second-order valence-electron chi connectivity index (χ2n) is 6.08. The van der Waals surface area contributed by atoms with Gasteiger partial charge in [0.1, 0.15) is 0 Å². The number of anilines is 3. The van der Waals surface area contributed by atoms with Crippen LogP contribution in [0.1, 0.15) is 29.0 Å².